The lowest BCUT2D eigenvalue weighted by Gasteiger charge is -2.46. The summed E-state index contributed by atoms with van der Waals surface area (Å²) in [5, 5.41) is 19.8. The number of alkyl halides is 1. The van der Waals surface area contributed by atoms with Crippen LogP contribution in [0.2, 0.25) is 0 Å². The lowest BCUT2D eigenvalue weighted by molar-refractivity contribution is -0.131. The third-order valence-electron chi connectivity index (χ3n) is 4.25. The van der Waals surface area contributed by atoms with Crippen LogP contribution < -0.4 is 0 Å². The van der Waals surface area contributed by atoms with Gasteiger partial charge >= 0.3 is 5.97 Å². The molecule has 2 atom stereocenters. The van der Waals surface area contributed by atoms with Crippen molar-refractivity contribution in [2.75, 3.05) is 0 Å². The molecule has 5 heteroatoms. The van der Waals surface area contributed by atoms with Gasteiger partial charge < -0.3 is 10.2 Å². The molecule has 0 heterocycles. The lowest BCUT2D eigenvalue weighted by atomic mass is 9.62. The molecule has 2 N–H and O–H groups in total. The average Bonchev–Trinajstić information content (AvgIpc) is 2.32. The van der Waals surface area contributed by atoms with E-state index in [0.717, 1.165) is 6.08 Å². The number of carboxylic acid groups (broad SMARTS) is 1. The van der Waals surface area contributed by atoms with Crippen LogP contribution in [0.15, 0.2) is 34.9 Å². The Balaban J connectivity index is 3.41. The number of halogens is 1. The van der Waals surface area contributed by atoms with Crippen molar-refractivity contribution in [3.05, 3.63) is 34.9 Å². The molecule has 0 aromatic rings. The van der Waals surface area contributed by atoms with E-state index in [1.807, 2.05) is 0 Å². The van der Waals surface area contributed by atoms with E-state index >= 15 is 0 Å². The largest absolute Gasteiger partial charge is 0.478 e. The van der Waals surface area contributed by atoms with Crippen LogP contribution in [0.3, 0.4) is 0 Å². The Kier molecular flexibility index (Phi) is 5.13. The lowest BCUT2D eigenvalue weighted by Crippen LogP contribution is -2.50. The summed E-state index contributed by atoms with van der Waals surface area (Å²) in [5.74, 6) is -1.38. The molecular weight excluding hydrogens is 287 g/mol. The molecule has 0 amide bonds. The van der Waals surface area contributed by atoms with Crippen molar-refractivity contribution in [1.82, 2.24) is 0 Å². The zero-order valence-electron chi connectivity index (χ0n) is 13.6. The van der Waals surface area contributed by atoms with E-state index in [9.17, 15) is 19.1 Å². The number of aliphatic carboxylic acids is 1. The highest BCUT2D eigenvalue weighted by Gasteiger charge is 2.50. The Hall–Kier alpha value is -1.75. The smallest absolute Gasteiger partial charge is 0.328 e. The van der Waals surface area contributed by atoms with Gasteiger partial charge in [-0.15, -0.1) is 0 Å². The van der Waals surface area contributed by atoms with E-state index in [0.29, 0.717) is 5.57 Å². The van der Waals surface area contributed by atoms with Crippen LogP contribution in [0.5, 0.6) is 0 Å². The first-order valence-electron chi connectivity index (χ1n) is 7.13. The van der Waals surface area contributed by atoms with Crippen LogP contribution in [0, 0.1) is 5.41 Å². The SMILES string of the molecule is CC1=C(C(C)F)C(=O)CC(C)(C)C1(O)/C=C/C(C)=C\C(=O)O. The topological polar surface area (TPSA) is 74.6 Å². The van der Waals surface area contributed by atoms with Gasteiger partial charge in [-0.2, -0.15) is 0 Å². The first-order valence-corrected chi connectivity index (χ1v) is 7.13. The van der Waals surface area contributed by atoms with Crippen molar-refractivity contribution in [3.63, 3.8) is 0 Å². The Bertz CT molecular complexity index is 581. The van der Waals surface area contributed by atoms with Gasteiger partial charge in [-0.1, -0.05) is 19.9 Å². The Morgan fingerprint density at radius 2 is 1.95 bits per heavy atom. The number of carbonyl (C=O) groups excluding carboxylic acids is 1. The molecule has 0 saturated carbocycles. The maximum Gasteiger partial charge on any atom is 0.328 e. The number of carboxylic acids is 1. The van der Waals surface area contributed by atoms with E-state index in [1.54, 1.807) is 27.7 Å². The van der Waals surface area contributed by atoms with E-state index in [-0.39, 0.29) is 23.4 Å². The van der Waals surface area contributed by atoms with Crippen molar-refractivity contribution in [2.45, 2.75) is 52.8 Å². The van der Waals surface area contributed by atoms with Gasteiger partial charge in [-0.25, -0.2) is 9.18 Å². The number of ketones is 1. The molecule has 0 aromatic carbocycles. The maximum atomic E-state index is 13.8. The van der Waals surface area contributed by atoms with Crippen LogP contribution >= 0.6 is 0 Å². The van der Waals surface area contributed by atoms with Crippen LogP contribution in [-0.4, -0.2) is 33.7 Å². The molecule has 1 rings (SSSR count). The second kappa shape index (κ2) is 6.16. The molecular formula is C17H23FO4. The average molecular weight is 310 g/mol. The van der Waals surface area contributed by atoms with Crippen LogP contribution in [0.25, 0.3) is 0 Å². The minimum absolute atomic E-state index is 0.00587. The molecule has 1 aliphatic rings. The third-order valence-corrected chi connectivity index (χ3v) is 4.25. The second-order valence-corrected chi connectivity index (χ2v) is 6.46. The summed E-state index contributed by atoms with van der Waals surface area (Å²) < 4.78 is 13.8. The summed E-state index contributed by atoms with van der Waals surface area (Å²) in [6.45, 7) is 7.87. The van der Waals surface area contributed by atoms with Crippen molar-refractivity contribution < 1.29 is 24.2 Å². The quantitative estimate of drug-likeness (QED) is 0.618. The monoisotopic (exact) mass is 310 g/mol. The van der Waals surface area contributed by atoms with Crippen LogP contribution in [0.1, 0.15) is 41.0 Å². The molecule has 0 fully saturated rings. The number of allylic oxidation sites excluding steroid dienone is 3. The first kappa shape index (κ1) is 18.3. The molecule has 2 unspecified atom stereocenters. The maximum absolute atomic E-state index is 13.8. The summed E-state index contributed by atoms with van der Waals surface area (Å²) in [7, 11) is 0. The van der Waals surface area contributed by atoms with Crippen molar-refractivity contribution >= 4 is 11.8 Å². The van der Waals surface area contributed by atoms with E-state index in [4.69, 9.17) is 5.11 Å². The van der Waals surface area contributed by atoms with Crippen LogP contribution in [0.4, 0.5) is 4.39 Å². The number of hydrogen-bond donors (Lipinski definition) is 2. The molecule has 0 bridgehead atoms. The van der Waals surface area contributed by atoms with Gasteiger partial charge in [-0.3, -0.25) is 4.79 Å². The van der Waals surface area contributed by atoms with Gasteiger partial charge in [0, 0.05) is 23.5 Å². The molecule has 4 nitrogen and oxygen atoms in total. The molecule has 22 heavy (non-hydrogen) atoms. The van der Waals surface area contributed by atoms with Gasteiger partial charge in [0.05, 0.1) is 0 Å². The predicted molar refractivity (Wildman–Crippen MR) is 82.2 cm³/mol. The van der Waals surface area contributed by atoms with Gasteiger partial charge in [0.25, 0.3) is 0 Å². The predicted octanol–water partition coefficient (Wildman–Crippen LogP) is 2.98. The molecule has 0 spiro atoms. The van der Waals surface area contributed by atoms with E-state index in [1.165, 1.54) is 19.1 Å². The zero-order chi connectivity index (χ0) is 17.3. The zero-order valence-corrected chi connectivity index (χ0v) is 13.6. The molecule has 1 aliphatic carbocycles. The highest BCUT2D eigenvalue weighted by atomic mass is 19.1. The highest BCUT2D eigenvalue weighted by molar-refractivity contribution is 5.99. The number of aliphatic hydroxyl groups is 1. The molecule has 0 aromatic heterocycles. The number of rotatable bonds is 4. The third kappa shape index (κ3) is 3.35. The summed E-state index contributed by atoms with van der Waals surface area (Å²) in [4.78, 5) is 22.8. The molecule has 0 saturated heterocycles. The second-order valence-electron chi connectivity index (χ2n) is 6.46. The van der Waals surface area contributed by atoms with Gasteiger partial charge in [0.15, 0.2) is 5.78 Å². The van der Waals surface area contributed by atoms with Crippen molar-refractivity contribution in [1.29, 1.82) is 0 Å². The van der Waals surface area contributed by atoms with Gasteiger partial charge in [0.2, 0.25) is 0 Å². The Labute approximate surface area is 130 Å². The van der Waals surface area contributed by atoms with E-state index in [2.05, 4.69) is 0 Å². The Morgan fingerprint density at radius 1 is 1.41 bits per heavy atom. The Morgan fingerprint density at radius 3 is 2.41 bits per heavy atom. The fourth-order valence-corrected chi connectivity index (χ4v) is 2.92. The highest BCUT2D eigenvalue weighted by Crippen LogP contribution is 2.47. The number of hydrogen-bond acceptors (Lipinski definition) is 3. The van der Waals surface area contributed by atoms with Gasteiger partial charge in [0.1, 0.15) is 11.8 Å². The number of Topliss-reactive ketones (excluding diaryl/α,β-unsaturated/α-hetero) is 1. The molecule has 122 valence electrons. The first-order chi connectivity index (χ1) is 9.92. The standard InChI is InChI=1S/C17H23FO4/c1-10(8-14(20)21)6-7-17(22)11(2)15(12(3)18)13(19)9-16(17,4)5/h6-8,12,22H,9H2,1-5H3,(H,20,21)/b7-6+,10-8-. The molecule has 0 aliphatic heterocycles. The normalized spacial score (nSPS) is 27.4. The van der Waals surface area contributed by atoms with E-state index < -0.39 is 23.2 Å². The summed E-state index contributed by atoms with van der Waals surface area (Å²) in [6.07, 6.45) is 2.51. The molecule has 0 radical (unpaired) electrons. The minimum Gasteiger partial charge on any atom is -0.478 e. The summed E-state index contributed by atoms with van der Waals surface area (Å²) >= 11 is 0. The van der Waals surface area contributed by atoms with Crippen LogP contribution in [-0.2, 0) is 9.59 Å². The minimum atomic E-state index is -1.51. The number of carbonyl (C=O) groups is 2. The fourth-order valence-electron chi connectivity index (χ4n) is 2.92. The van der Waals surface area contributed by atoms with Crippen molar-refractivity contribution in [3.8, 4) is 0 Å². The summed E-state index contributed by atoms with van der Waals surface area (Å²) in [5.41, 5.74) is -1.60. The summed E-state index contributed by atoms with van der Waals surface area (Å²) in [6, 6.07) is 0. The fraction of sp³-hybridized carbons (Fsp3) is 0.529. The van der Waals surface area contributed by atoms with Gasteiger partial charge in [-0.05, 0) is 38.0 Å². The van der Waals surface area contributed by atoms with Crippen molar-refractivity contribution in [2.24, 2.45) is 5.41 Å².